The number of amides is 1. The highest BCUT2D eigenvalue weighted by atomic mass is 16.2. The Morgan fingerprint density at radius 1 is 1.40 bits per heavy atom. The molecule has 0 saturated carbocycles. The third kappa shape index (κ3) is 3.82. The van der Waals surface area contributed by atoms with Gasteiger partial charge in [0.25, 0.3) is 0 Å². The van der Waals surface area contributed by atoms with Gasteiger partial charge in [0.05, 0.1) is 0 Å². The van der Waals surface area contributed by atoms with Gasteiger partial charge in [-0.25, -0.2) is 4.98 Å². The quantitative estimate of drug-likeness (QED) is 0.741. The first-order valence-corrected chi connectivity index (χ1v) is 7.30. The summed E-state index contributed by atoms with van der Waals surface area (Å²) in [6, 6.07) is 0. The lowest BCUT2D eigenvalue weighted by molar-refractivity contribution is -0.127. The monoisotopic (exact) mass is 277 g/mol. The number of aromatic nitrogens is 2. The number of hydrogen-bond acceptors (Lipinski definition) is 5. The fourth-order valence-electron chi connectivity index (χ4n) is 2.28. The van der Waals surface area contributed by atoms with Gasteiger partial charge in [-0.15, -0.1) is 0 Å². The van der Waals surface area contributed by atoms with Gasteiger partial charge in [0.15, 0.2) is 0 Å². The first-order valence-electron chi connectivity index (χ1n) is 7.30. The molecule has 2 heterocycles. The van der Waals surface area contributed by atoms with Crippen molar-refractivity contribution in [1.29, 1.82) is 0 Å². The Bertz CT molecular complexity index is 463. The van der Waals surface area contributed by atoms with Gasteiger partial charge in [-0.1, -0.05) is 0 Å². The van der Waals surface area contributed by atoms with Crippen LogP contribution >= 0.6 is 0 Å². The van der Waals surface area contributed by atoms with Crippen molar-refractivity contribution in [2.45, 2.75) is 33.1 Å². The van der Waals surface area contributed by atoms with E-state index in [-0.39, 0.29) is 5.91 Å². The van der Waals surface area contributed by atoms with Gasteiger partial charge in [0.2, 0.25) is 11.9 Å². The molecule has 1 amide bonds. The summed E-state index contributed by atoms with van der Waals surface area (Å²) in [6.45, 7) is 7.37. The molecule has 0 spiro atoms. The van der Waals surface area contributed by atoms with Crippen LogP contribution in [0.3, 0.4) is 0 Å². The minimum Gasteiger partial charge on any atom is -0.370 e. The van der Waals surface area contributed by atoms with E-state index in [0.29, 0.717) is 12.4 Å². The summed E-state index contributed by atoms with van der Waals surface area (Å²) >= 11 is 0. The van der Waals surface area contributed by atoms with E-state index in [1.807, 2.05) is 24.9 Å². The van der Waals surface area contributed by atoms with Crippen LogP contribution in [0.4, 0.5) is 11.8 Å². The van der Waals surface area contributed by atoms with Crippen LogP contribution in [0, 0.1) is 6.92 Å². The van der Waals surface area contributed by atoms with Crippen molar-refractivity contribution in [3.8, 4) is 0 Å². The molecule has 110 valence electrons. The van der Waals surface area contributed by atoms with E-state index in [1.54, 1.807) is 0 Å². The van der Waals surface area contributed by atoms with Gasteiger partial charge in [0.1, 0.15) is 5.82 Å². The zero-order valence-electron chi connectivity index (χ0n) is 12.3. The van der Waals surface area contributed by atoms with Crippen molar-refractivity contribution in [3.05, 3.63) is 11.8 Å². The number of nitrogens with zero attached hydrogens (tertiary/aromatic N) is 3. The summed E-state index contributed by atoms with van der Waals surface area (Å²) in [5.74, 6) is 1.80. The van der Waals surface area contributed by atoms with Crippen molar-refractivity contribution in [3.63, 3.8) is 0 Å². The highest BCUT2D eigenvalue weighted by Gasteiger charge is 2.18. The van der Waals surface area contributed by atoms with Crippen LogP contribution in [0.15, 0.2) is 6.20 Å². The molecule has 0 bridgehead atoms. The Labute approximate surface area is 120 Å². The van der Waals surface area contributed by atoms with Crippen LogP contribution in [-0.4, -0.2) is 47.0 Å². The number of carbonyl (C=O) groups is 1. The molecule has 1 fully saturated rings. The molecule has 1 aliphatic heterocycles. The summed E-state index contributed by atoms with van der Waals surface area (Å²) in [7, 11) is 0. The van der Waals surface area contributed by atoms with Crippen molar-refractivity contribution in [2.24, 2.45) is 0 Å². The summed E-state index contributed by atoms with van der Waals surface area (Å²) in [5.41, 5.74) is 1.03. The molecular formula is C14H23N5O. The molecular weight excluding hydrogens is 254 g/mol. The predicted octanol–water partition coefficient (Wildman–Crippen LogP) is 1.64. The summed E-state index contributed by atoms with van der Waals surface area (Å²) in [6.07, 6.45) is 4.47. The largest absolute Gasteiger partial charge is 0.370 e. The van der Waals surface area contributed by atoms with Crippen LogP contribution in [0.2, 0.25) is 0 Å². The molecule has 20 heavy (non-hydrogen) atoms. The van der Waals surface area contributed by atoms with Gasteiger partial charge in [-0.2, -0.15) is 4.98 Å². The van der Waals surface area contributed by atoms with Crippen molar-refractivity contribution in [1.82, 2.24) is 14.9 Å². The lowest BCUT2D eigenvalue weighted by Gasteiger charge is -2.16. The third-order valence-corrected chi connectivity index (χ3v) is 3.38. The smallest absolute Gasteiger partial charge is 0.224 e. The summed E-state index contributed by atoms with van der Waals surface area (Å²) in [4.78, 5) is 22.1. The fraction of sp³-hybridized carbons (Fsp3) is 0.643. The SMILES string of the molecule is CCNc1ncc(C)c(NCCCN2CCCC2=O)n1. The van der Waals surface area contributed by atoms with Crippen LogP contribution in [0.5, 0.6) is 0 Å². The maximum Gasteiger partial charge on any atom is 0.224 e. The van der Waals surface area contributed by atoms with E-state index in [2.05, 4.69) is 20.6 Å². The molecule has 1 aromatic heterocycles. The van der Waals surface area contributed by atoms with E-state index in [9.17, 15) is 4.79 Å². The molecule has 1 saturated heterocycles. The van der Waals surface area contributed by atoms with Crippen molar-refractivity contribution < 1.29 is 4.79 Å². The summed E-state index contributed by atoms with van der Waals surface area (Å²) in [5, 5.41) is 6.42. The van der Waals surface area contributed by atoms with Gasteiger partial charge in [-0.05, 0) is 26.7 Å². The van der Waals surface area contributed by atoms with Crippen LogP contribution < -0.4 is 10.6 Å². The molecule has 0 unspecified atom stereocenters. The van der Waals surface area contributed by atoms with E-state index in [4.69, 9.17) is 0 Å². The van der Waals surface area contributed by atoms with Crippen molar-refractivity contribution >= 4 is 17.7 Å². The molecule has 6 nitrogen and oxygen atoms in total. The predicted molar refractivity (Wildman–Crippen MR) is 79.9 cm³/mol. The van der Waals surface area contributed by atoms with Gasteiger partial charge < -0.3 is 15.5 Å². The second-order valence-electron chi connectivity index (χ2n) is 5.02. The molecule has 0 atom stereocenters. The van der Waals surface area contributed by atoms with E-state index in [1.165, 1.54) is 0 Å². The minimum absolute atomic E-state index is 0.289. The van der Waals surface area contributed by atoms with Crippen molar-refractivity contribution in [2.75, 3.05) is 36.8 Å². The van der Waals surface area contributed by atoms with E-state index >= 15 is 0 Å². The number of nitrogens with one attached hydrogen (secondary N) is 2. The van der Waals surface area contributed by atoms with Gasteiger partial charge in [0, 0.05) is 44.4 Å². The molecule has 1 aliphatic rings. The van der Waals surface area contributed by atoms with E-state index < -0.39 is 0 Å². The second-order valence-corrected chi connectivity index (χ2v) is 5.02. The lowest BCUT2D eigenvalue weighted by Crippen LogP contribution is -2.27. The summed E-state index contributed by atoms with van der Waals surface area (Å²) < 4.78 is 0. The number of aryl methyl sites for hydroxylation is 1. The highest BCUT2D eigenvalue weighted by molar-refractivity contribution is 5.78. The van der Waals surface area contributed by atoms with Crippen LogP contribution in [0.25, 0.3) is 0 Å². The fourth-order valence-corrected chi connectivity index (χ4v) is 2.28. The first kappa shape index (κ1) is 14.6. The average Bonchev–Trinajstić information content (AvgIpc) is 2.84. The Hall–Kier alpha value is -1.85. The molecule has 6 heteroatoms. The lowest BCUT2D eigenvalue weighted by atomic mass is 10.3. The standard InChI is InChI=1S/C14H23N5O/c1-3-15-14-17-10-11(2)13(18-14)16-7-5-9-19-8-4-6-12(19)20/h10H,3-9H2,1-2H3,(H2,15,16,17,18). The molecule has 0 radical (unpaired) electrons. The molecule has 0 aliphatic carbocycles. The third-order valence-electron chi connectivity index (χ3n) is 3.38. The highest BCUT2D eigenvalue weighted by Crippen LogP contribution is 2.13. The number of hydrogen-bond donors (Lipinski definition) is 2. The number of carbonyl (C=O) groups excluding carboxylic acids is 1. The minimum atomic E-state index is 0.289. The number of likely N-dealkylation sites (tertiary alicyclic amines) is 1. The maximum atomic E-state index is 11.5. The second kappa shape index (κ2) is 7.07. The van der Waals surface area contributed by atoms with Crippen LogP contribution in [-0.2, 0) is 4.79 Å². The van der Waals surface area contributed by atoms with Crippen LogP contribution in [0.1, 0.15) is 31.7 Å². The maximum absolute atomic E-state index is 11.5. The number of rotatable bonds is 7. The Balaban J connectivity index is 1.78. The zero-order chi connectivity index (χ0) is 14.4. The topological polar surface area (TPSA) is 70.2 Å². The number of anilines is 2. The Morgan fingerprint density at radius 2 is 2.25 bits per heavy atom. The first-order chi connectivity index (χ1) is 9.70. The zero-order valence-corrected chi connectivity index (χ0v) is 12.3. The normalized spacial score (nSPS) is 14.7. The van der Waals surface area contributed by atoms with E-state index in [0.717, 1.165) is 50.4 Å². The average molecular weight is 277 g/mol. The van der Waals surface area contributed by atoms with Gasteiger partial charge >= 0.3 is 0 Å². The Kier molecular flexibility index (Phi) is 5.15. The van der Waals surface area contributed by atoms with Gasteiger partial charge in [-0.3, -0.25) is 4.79 Å². The molecule has 2 rings (SSSR count). The Morgan fingerprint density at radius 3 is 2.95 bits per heavy atom. The molecule has 2 N–H and O–H groups in total. The molecule has 0 aromatic carbocycles. The molecule has 1 aromatic rings.